The van der Waals surface area contributed by atoms with E-state index in [1.54, 1.807) is 18.0 Å². The van der Waals surface area contributed by atoms with Gasteiger partial charge in [0.15, 0.2) is 5.84 Å². The van der Waals surface area contributed by atoms with Crippen LogP contribution in [-0.2, 0) is 16.1 Å². The Morgan fingerprint density at radius 1 is 1.48 bits per heavy atom. The van der Waals surface area contributed by atoms with Crippen LogP contribution >= 0.6 is 0 Å². The fourth-order valence-electron chi connectivity index (χ4n) is 2.49. The predicted molar refractivity (Wildman–Crippen MR) is 79.0 cm³/mol. The van der Waals surface area contributed by atoms with Crippen LogP contribution in [0, 0.1) is 5.92 Å². The molecule has 0 radical (unpaired) electrons. The van der Waals surface area contributed by atoms with Crippen LogP contribution in [0.2, 0.25) is 0 Å². The summed E-state index contributed by atoms with van der Waals surface area (Å²) in [5, 5.41) is 11.7. The van der Waals surface area contributed by atoms with Crippen molar-refractivity contribution in [2.75, 3.05) is 20.3 Å². The molecule has 1 fully saturated rings. The summed E-state index contributed by atoms with van der Waals surface area (Å²) in [6.45, 7) is 1.81. The lowest BCUT2D eigenvalue weighted by molar-refractivity contribution is -0.137. The second-order valence-corrected chi connectivity index (χ2v) is 5.27. The minimum atomic E-state index is 0.0519. The van der Waals surface area contributed by atoms with Crippen LogP contribution in [0.25, 0.3) is 0 Å². The topological polar surface area (TPSA) is 88.1 Å². The Morgan fingerprint density at radius 3 is 2.86 bits per heavy atom. The van der Waals surface area contributed by atoms with Gasteiger partial charge < -0.3 is 20.6 Å². The number of carbonyl (C=O) groups is 1. The van der Waals surface area contributed by atoms with Gasteiger partial charge >= 0.3 is 0 Å². The van der Waals surface area contributed by atoms with Crippen molar-refractivity contribution in [1.82, 2.24) is 4.90 Å². The third-order valence-corrected chi connectivity index (χ3v) is 3.70. The molecule has 3 N–H and O–H groups in total. The lowest BCUT2D eigenvalue weighted by Gasteiger charge is -2.26. The number of hydrogen-bond acceptors (Lipinski definition) is 4. The molecule has 0 bridgehead atoms. The van der Waals surface area contributed by atoms with E-state index < -0.39 is 0 Å². The normalized spacial score (nSPS) is 16.7. The van der Waals surface area contributed by atoms with E-state index >= 15 is 0 Å². The van der Waals surface area contributed by atoms with E-state index in [0.717, 1.165) is 18.4 Å². The zero-order valence-corrected chi connectivity index (χ0v) is 12.2. The highest BCUT2D eigenvalue weighted by Crippen LogP contribution is 2.18. The first kappa shape index (κ1) is 15.3. The lowest BCUT2D eigenvalue weighted by atomic mass is 9.98. The number of ether oxygens (including phenoxy) is 1. The Hall–Kier alpha value is -2.08. The summed E-state index contributed by atoms with van der Waals surface area (Å²) < 4.78 is 5.28. The van der Waals surface area contributed by atoms with Crippen molar-refractivity contribution in [3.63, 3.8) is 0 Å². The van der Waals surface area contributed by atoms with Gasteiger partial charge in [0.2, 0.25) is 5.91 Å². The smallest absolute Gasteiger partial charge is 0.225 e. The number of benzene rings is 1. The van der Waals surface area contributed by atoms with Crippen LogP contribution < -0.4 is 5.73 Å². The predicted octanol–water partition coefficient (Wildman–Crippen LogP) is 1.17. The minimum absolute atomic E-state index is 0.0519. The molecule has 6 heteroatoms. The number of hydrogen-bond donors (Lipinski definition) is 2. The molecule has 0 aromatic heterocycles. The zero-order chi connectivity index (χ0) is 15.2. The molecule has 0 spiro atoms. The first-order valence-electron chi connectivity index (χ1n) is 7.01. The summed E-state index contributed by atoms with van der Waals surface area (Å²) in [6.07, 6.45) is 1.57. The van der Waals surface area contributed by atoms with Crippen molar-refractivity contribution in [1.29, 1.82) is 0 Å². The fourth-order valence-corrected chi connectivity index (χ4v) is 2.49. The molecular weight excluding hydrogens is 270 g/mol. The van der Waals surface area contributed by atoms with Crippen molar-refractivity contribution in [2.24, 2.45) is 16.8 Å². The van der Waals surface area contributed by atoms with Crippen LogP contribution in [0.5, 0.6) is 0 Å². The van der Waals surface area contributed by atoms with Crippen molar-refractivity contribution in [3.05, 3.63) is 35.4 Å². The van der Waals surface area contributed by atoms with E-state index in [4.69, 9.17) is 15.7 Å². The molecule has 1 aromatic rings. The van der Waals surface area contributed by atoms with E-state index in [-0.39, 0.29) is 17.7 Å². The monoisotopic (exact) mass is 291 g/mol. The molecule has 1 heterocycles. The van der Waals surface area contributed by atoms with Gasteiger partial charge in [0.25, 0.3) is 0 Å². The second kappa shape index (κ2) is 7.08. The van der Waals surface area contributed by atoms with Crippen molar-refractivity contribution < 1.29 is 14.7 Å². The van der Waals surface area contributed by atoms with Crippen molar-refractivity contribution >= 4 is 11.7 Å². The molecule has 0 aliphatic carbocycles. The summed E-state index contributed by atoms with van der Waals surface area (Å²) in [4.78, 5) is 14.1. The third-order valence-electron chi connectivity index (χ3n) is 3.70. The maximum Gasteiger partial charge on any atom is 0.225 e. The van der Waals surface area contributed by atoms with Gasteiger partial charge in [0.05, 0.1) is 0 Å². The Labute approximate surface area is 124 Å². The van der Waals surface area contributed by atoms with E-state index in [2.05, 4.69) is 5.16 Å². The lowest BCUT2D eigenvalue weighted by Crippen LogP contribution is -2.35. The van der Waals surface area contributed by atoms with E-state index in [9.17, 15) is 4.79 Å². The number of nitrogens with two attached hydrogens (primary N) is 1. The molecule has 1 aliphatic rings. The quantitative estimate of drug-likeness (QED) is 0.377. The molecule has 1 aromatic carbocycles. The Balaban J connectivity index is 2.01. The highest BCUT2D eigenvalue weighted by atomic mass is 16.5. The van der Waals surface area contributed by atoms with Crippen LogP contribution in [0.4, 0.5) is 0 Å². The highest BCUT2D eigenvalue weighted by Gasteiger charge is 2.24. The van der Waals surface area contributed by atoms with Gasteiger partial charge in [-0.15, -0.1) is 0 Å². The molecule has 6 nitrogen and oxygen atoms in total. The fraction of sp³-hybridized carbons (Fsp3) is 0.467. The number of amidine groups is 1. The van der Waals surface area contributed by atoms with Crippen LogP contribution in [0.3, 0.4) is 0 Å². The summed E-state index contributed by atoms with van der Waals surface area (Å²) >= 11 is 0. The number of nitrogens with zero attached hydrogens (tertiary/aromatic N) is 2. The second-order valence-electron chi connectivity index (χ2n) is 5.27. The Kier molecular flexibility index (Phi) is 5.16. The summed E-state index contributed by atoms with van der Waals surface area (Å²) in [5.74, 6) is 0.263. The van der Waals surface area contributed by atoms with Gasteiger partial charge in [-0.1, -0.05) is 23.4 Å². The van der Waals surface area contributed by atoms with Gasteiger partial charge in [-0.25, -0.2) is 0 Å². The van der Waals surface area contributed by atoms with Crippen LogP contribution in [0.1, 0.15) is 24.0 Å². The molecule has 0 atom stereocenters. The van der Waals surface area contributed by atoms with E-state index in [1.807, 2.05) is 18.2 Å². The first-order chi connectivity index (χ1) is 10.1. The van der Waals surface area contributed by atoms with E-state index in [0.29, 0.717) is 25.3 Å². The standard InChI is InChI=1S/C15H21N3O3/c1-18(15(19)12-5-7-21-8-6-12)10-11-3-2-4-13(9-11)14(16)17-20/h2-4,9,12,20H,5-8,10H2,1H3,(H2,16,17). The molecule has 1 amide bonds. The van der Waals surface area contributed by atoms with Gasteiger partial charge in [-0.3, -0.25) is 4.79 Å². The number of oxime groups is 1. The zero-order valence-electron chi connectivity index (χ0n) is 12.2. The van der Waals surface area contributed by atoms with Gasteiger partial charge in [0.1, 0.15) is 0 Å². The van der Waals surface area contributed by atoms with Crippen molar-refractivity contribution in [3.8, 4) is 0 Å². The highest BCUT2D eigenvalue weighted by molar-refractivity contribution is 5.97. The average Bonchev–Trinajstić information content (AvgIpc) is 2.54. The SMILES string of the molecule is CN(Cc1cccc(C(N)=NO)c1)C(=O)C1CCOCC1. The number of rotatable bonds is 4. The van der Waals surface area contributed by atoms with Crippen LogP contribution in [0.15, 0.2) is 29.4 Å². The first-order valence-corrected chi connectivity index (χ1v) is 7.01. The van der Waals surface area contributed by atoms with Crippen LogP contribution in [-0.4, -0.2) is 42.1 Å². The molecule has 1 saturated heterocycles. The molecular formula is C15H21N3O3. The van der Waals surface area contributed by atoms with E-state index in [1.165, 1.54) is 0 Å². The maximum atomic E-state index is 12.4. The molecule has 0 unspecified atom stereocenters. The maximum absolute atomic E-state index is 12.4. The van der Waals surface area contributed by atoms with Gasteiger partial charge in [-0.05, 0) is 24.5 Å². The van der Waals surface area contributed by atoms with Gasteiger partial charge in [-0.2, -0.15) is 0 Å². The molecule has 114 valence electrons. The largest absolute Gasteiger partial charge is 0.409 e. The summed E-state index contributed by atoms with van der Waals surface area (Å²) in [5.41, 5.74) is 7.16. The number of carbonyl (C=O) groups excluding carboxylic acids is 1. The molecule has 21 heavy (non-hydrogen) atoms. The number of amides is 1. The molecule has 1 aliphatic heterocycles. The average molecular weight is 291 g/mol. The summed E-state index contributed by atoms with van der Waals surface area (Å²) in [6, 6.07) is 7.33. The molecule has 2 rings (SSSR count). The third kappa shape index (κ3) is 3.95. The Morgan fingerprint density at radius 2 is 2.19 bits per heavy atom. The molecule has 0 saturated carbocycles. The van der Waals surface area contributed by atoms with Crippen molar-refractivity contribution in [2.45, 2.75) is 19.4 Å². The van der Waals surface area contributed by atoms with Gasteiger partial charge in [0, 0.05) is 38.3 Å². The Bertz CT molecular complexity index is 525. The summed E-state index contributed by atoms with van der Waals surface area (Å²) in [7, 11) is 1.80. The minimum Gasteiger partial charge on any atom is -0.409 e.